The van der Waals surface area contributed by atoms with Gasteiger partial charge in [0.15, 0.2) is 5.17 Å². The number of rotatable bonds is 3. The molecule has 0 N–H and O–H groups in total. The second kappa shape index (κ2) is 8.43. The monoisotopic (exact) mass is 433 g/mol. The summed E-state index contributed by atoms with van der Waals surface area (Å²) in [4.78, 5) is 21.7. The minimum absolute atomic E-state index is 0.245. The molecule has 2 aliphatic rings. The van der Waals surface area contributed by atoms with Crippen molar-refractivity contribution in [1.82, 2.24) is 4.90 Å². The molecule has 1 amide bonds. The molecule has 2 aromatic carbocycles. The van der Waals surface area contributed by atoms with Crippen LogP contribution in [-0.2, 0) is 4.79 Å². The van der Waals surface area contributed by atoms with E-state index in [1.807, 2.05) is 24.3 Å². The number of aliphatic imine (C=N–C) groups is 1. The number of carbonyl (C=O) groups excluding carboxylic acids is 1. The maximum atomic E-state index is 13.1. The molecule has 0 unspecified atom stereocenters. The molecule has 1 aromatic heterocycles. The number of halogens is 1. The highest BCUT2D eigenvalue weighted by Crippen LogP contribution is 2.32. The summed E-state index contributed by atoms with van der Waals surface area (Å²) in [6.45, 7) is 3.40. The van der Waals surface area contributed by atoms with Gasteiger partial charge >= 0.3 is 0 Å². The molecule has 5 rings (SSSR count). The molecule has 0 aliphatic carbocycles. The Morgan fingerprint density at radius 1 is 0.903 bits per heavy atom. The third kappa shape index (κ3) is 4.27. The first-order valence-corrected chi connectivity index (χ1v) is 10.9. The highest BCUT2D eigenvalue weighted by Gasteiger charge is 2.28. The van der Waals surface area contributed by atoms with Crippen molar-refractivity contribution in [3.8, 4) is 11.3 Å². The number of anilines is 1. The van der Waals surface area contributed by atoms with Crippen LogP contribution in [0.4, 0.5) is 10.1 Å². The molecule has 0 spiro atoms. The Balaban J connectivity index is 1.23. The molecular weight excluding hydrogens is 413 g/mol. The maximum absolute atomic E-state index is 13.1. The number of para-hydroxylation sites is 1. The molecule has 1 saturated heterocycles. The molecule has 0 radical (unpaired) electrons. The summed E-state index contributed by atoms with van der Waals surface area (Å²) in [5.74, 6) is 0.658. The van der Waals surface area contributed by atoms with Gasteiger partial charge in [-0.15, -0.1) is 0 Å². The van der Waals surface area contributed by atoms with Crippen LogP contribution in [0.15, 0.2) is 81.0 Å². The van der Waals surface area contributed by atoms with E-state index >= 15 is 0 Å². The van der Waals surface area contributed by atoms with Gasteiger partial charge in [0.2, 0.25) is 0 Å². The lowest BCUT2D eigenvalue weighted by atomic mass is 10.2. The van der Waals surface area contributed by atoms with Crippen LogP contribution in [0, 0.1) is 5.82 Å². The van der Waals surface area contributed by atoms with Crippen molar-refractivity contribution in [2.24, 2.45) is 4.99 Å². The largest absolute Gasteiger partial charge is 0.457 e. The van der Waals surface area contributed by atoms with Crippen molar-refractivity contribution in [2.45, 2.75) is 0 Å². The number of thioether (sulfide) groups is 1. The number of carbonyl (C=O) groups is 1. The molecule has 1 fully saturated rings. The number of nitrogens with zero attached hydrogens (tertiary/aromatic N) is 3. The van der Waals surface area contributed by atoms with E-state index in [2.05, 4.69) is 26.9 Å². The minimum Gasteiger partial charge on any atom is -0.457 e. The second-order valence-corrected chi connectivity index (χ2v) is 8.34. The molecule has 7 heteroatoms. The number of benzene rings is 2. The van der Waals surface area contributed by atoms with E-state index < -0.39 is 0 Å². The Labute approximate surface area is 183 Å². The topological polar surface area (TPSA) is 49.1 Å². The van der Waals surface area contributed by atoms with Crippen molar-refractivity contribution in [1.29, 1.82) is 0 Å². The molecule has 5 nitrogen and oxygen atoms in total. The number of piperazine rings is 1. The van der Waals surface area contributed by atoms with E-state index in [0.29, 0.717) is 16.4 Å². The Morgan fingerprint density at radius 2 is 1.61 bits per heavy atom. The van der Waals surface area contributed by atoms with Gasteiger partial charge in [-0.25, -0.2) is 4.39 Å². The molecule has 156 valence electrons. The Morgan fingerprint density at radius 3 is 2.35 bits per heavy atom. The molecule has 31 heavy (non-hydrogen) atoms. The quantitative estimate of drug-likeness (QED) is 0.551. The molecule has 0 atom stereocenters. The van der Waals surface area contributed by atoms with Gasteiger partial charge in [-0.2, -0.15) is 4.99 Å². The van der Waals surface area contributed by atoms with E-state index in [4.69, 9.17) is 4.42 Å². The van der Waals surface area contributed by atoms with Crippen LogP contribution in [0.2, 0.25) is 0 Å². The lowest BCUT2D eigenvalue weighted by molar-refractivity contribution is -0.113. The second-order valence-electron chi connectivity index (χ2n) is 7.33. The van der Waals surface area contributed by atoms with Crippen molar-refractivity contribution in [3.05, 3.63) is 83.2 Å². The molecule has 2 aliphatic heterocycles. The van der Waals surface area contributed by atoms with Crippen LogP contribution in [0.25, 0.3) is 17.4 Å². The van der Waals surface area contributed by atoms with Gasteiger partial charge in [-0.1, -0.05) is 18.2 Å². The van der Waals surface area contributed by atoms with E-state index in [1.54, 1.807) is 24.3 Å². The molecule has 0 saturated carbocycles. The SMILES string of the molecule is O=C1N=C(N2CCN(c3ccccc3)CC2)S/C1=C/c1ccc(-c2ccc(F)cc2)o1. The minimum atomic E-state index is -0.292. The standard InChI is InChI=1S/C24H20FN3O2S/c25-18-8-6-17(7-9-18)21-11-10-20(30-21)16-22-23(29)26-24(31-22)28-14-12-27(13-15-28)19-4-2-1-3-5-19/h1-11,16H,12-15H2/b22-16+. The van der Waals surface area contributed by atoms with E-state index in [9.17, 15) is 9.18 Å². The third-order valence-electron chi connectivity index (χ3n) is 5.31. The summed E-state index contributed by atoms with van der Waals surface area (Å²) in [5, 5.41) is 0.745. The van der Waals surface area contributed by atoms with Crippen molar-refractivity contribution >= 4 is 34.6 Å². The third-order valence-corrected chi connectivity index (χ3v) is 6.35. The van der Waals surface area contributed by atoms with Crippen LogP contribution < -0.4 is 4.90 Å². The summed E-state index contributed by atoms with van der Waals surface area (Å²) in [6.07, 6.45) is 1.72. The van der Waals surface area contributed by atoms with Crippen molar-refractivity contribution in [2.75, 3.05) is 31.1 Å². The Hall–Kier alpha value is -3.32. The summed E-state index contributed by atoms with van der Waals surface area (Å²) in [5.41, 5.74) is 2.00. The predicted molar refractivity (Wildman–Crippen MR) is 122 cm³/mol. The van der Waals surface area contributed by atoms with Gasteiger partial charge in [0.25, 0.3) is 5.91 Å². The molecule has 3 heterocycles. The highest BCUT2D eigenvalue weighted by atomic mass is 32.2. The van der Waals surface area contributed by atoms with Gasteiger partial charge in [0.05, 0.1) is 4.91 Å². The van der Waals surface area contributed by atoms with Crippen LogP contribution in [0.1, 0.15) is 5.76 Å². The zero-order chi connectivity index (χ0) is 21.2. The normalized spacial score (nSPS) is 18.0. The van der Waals surface area contributed by atoms with Crippen LogP contribution >= 0.6 is 11.8 Å². The predicted octanol–water partition coefficient (Wildman–Crippen LogP) is 4.88. The molecule has 3 aromatic rings. The van der Waals surface area contributed by atoms with Crippen molar-refractivity contribution < 1.29 is 13.6 Å². The van der Waals surface area contributed by atoms with Crippen LogP contribution in [0.5, 0.6) is 0 Å². The summed E-state index contributed by atoms with van der Waals surface area (Å²) in [6, 6.07) is 20.1. The van der Waals surface area contributed by atoms with Crippen LogP contribution in [0.3, 0.4) is 0 Å². The number of hydrogen-bond acceptors (Lipinski definition) is 5. The molecular formula is C24H20FN3O2S. The van der Waals surface area contributed by atoms with Gasteiger partial charge in [-0.05, 0) is 60.3 Å². The number of hydrogen-bond donors (Lipinski definition) is 0. The Kier molecular flexibility index (Phi) is 5.34. The first-order valence-electron chi connectivity index (χ1n) is 10.1. The molecule has 0 bridgehead atoms. The maximum Gasteiger partial charge on any atom is 0.286 e. The number of furan rings is 1. The number of amidine groups is 1. The Bertz CT molecular complexity index is 1150. The summed E-state index contributed by atoms with van der Waals surface area (Å²) >= 11 is 1.38. The fourth-order valence-electron chi connectivity index (χ4n) is 3.66. The number of amides is 1. The van der Waals surface area contributed by atoms with Crippen molar-refractivity contribution in [3.63, 3.8) is 0 Å². The van der Waals surface area contributed by atoms with E-state index in [0.717, 1.165) is 36.9 Å². The van der Waals surface area contributed by atoms with Gasteiger partial charge in [-0.3, -0.25) is 4.79 Å². The summed E-state index contributed by atoms with van der Waals surface area (Å²) in [7, 11) is 0. The van der Waals surface area contributed by atoms with Gasteiger partial charge in [0, 0.05) is 43.5 Å². The first-order chi connectivity index (χ1) is 15.2. The zero-order valence-corrected chi connectivity index (χ0v) is 17.5. The van der Waals surface area contributed by atoms with Gasteiger partial charge < -0.3 is 14.2 Å². The average molecular weight is 434 g/mol. The first kappa shape index (κ1) is 19.6. The van der Waals surface area contributed by atoms with Gasteiger partial charge in [0.1, 0.15) is 17.3 Å². The lowest BCUT2D eigenvalue weighted by Crippen LogP contribution is -2.47. The summed E-state index contributed by atoms with van der Waals surface area (Å²) < 4.78 is 18.9. The lowest BCUT2D eigenvalue weighted by Gasteiger charge is -2.36. The highest BCUT2D eigenvalue weighted by molar-refractivity contribution is 8.18. The van der Waals surface area contributed by atoms with E-state index in [1.165, 1.54) is 29.6 Å². The van der Waals surface area contributed by atoms with E-state index in [-0.39, 0.29) is 11.7 Å². The fourth-order valence-corrected chi connectivity index (χ4v) is 4.60. The smallest absolute Gasteiger partial charge is 0.286 e. The average Bonchev–Trinajstić information content (AvgIpc) is 3.42. The fraction of sp³-hybridized carbons (Fsp3) is 0.167. The van der Waals surface area contributed by atoms with Crippen LogP contribution in [-0.4, -0.2) is 42.2 Å². The zero-order valence-electron chi connectivity index (χ0n) is 16.7.